The molecule has 0 saturated heterocycles. The van der Waals surface area contributed by atoms with Crippen LogP contribution in [0.5, 0.6) is 0 Å². The highest BCUT2D eigenvalue weighted by molar-refractivity contribution is 7.17. The fraction of sp³-hybridized carbons (Fsp3) is 0.105. The van der Waals surface area contributed by atoms with E-state index < -0.39 is 11.7 Å². The van der Waals surface area contributed by atoms with Gasteiger partial charge in [0.15, 0.2) is 0 Å². The molecule has 4 rings (SSSR count). The summed E-state index contributed by atoms with van der Waals surface area (Å²) in [5.74, 6) is 0.627. The van der Waals surface area contributed by atoms with Gasteiger partial charge in [-0.15, -0.1) is 11.3 Å². The van der Waals surface area contributed by atoms with Crippen LogP contribution in [0, 0.1) is 0 Å². The Morgan fingerprint density at radius 3 is 2.48 bits per heavy atom. The molecule has 0 aliphatic heterocycles. The lowest BCUT2D eigenvalue weighted by Crippen LogP contribution is -2.04. The summed E-state index contributed by atoms with van der Waals surface area (Å²) >= 11 is 1.43. The van der Waals surface area contributed by atoms with Crippen molar-refractivity contribution < 1.29 is 13.2 Å². The molecule has 0 spiro atoms. The molecular formula is C19H13F3N4S. The number of hydrogen-bond donors (Lipinski definition) is 1. The largest absolute Gasteiger partial charge is 0.416 e. The topological polar surface area (TPSA) is 50.7 Å². The Labute approximate surface area is 156 Å². The summed E-state index contributed by atoms with van der Waals surface area (Å²) in [7, 11) is 0. The second kappa shape index (κ2) is 6.96. The average Bonchev–Trinajstić information content (AvgIpc) is 3.11. The van der Waals surface area contributed by atoms with E-state index >= 15 is 0 Å². The van der Waals surface area contributed by atoms with Crippen molar-refractivity contribution in [3.8, 4) is 11.1 Å². The van der Waals surface area contributed by atoms with Crippen LogP contribution in [0.15, 0.2) is 60.4 Å². The lowest BCUT2D eigenvalue weighted by atomic mass is 10.0. The predicted octanol–water partition coefficient (Wildman–Crippen LogP) is 5.38. The molecule has 27 heavy (non-hydrogen) atoms. The maximum Gasteiger partial charge on any atom is 0.416 e. The zero-order valence-corrected chi connectivity index (χ0v) is 14.7. The first-order valence-corrected chi connectivity index (χ1v) is 8.94. The van der Waals surface area contributed by atoms with Gasteiger partial charge in [-0.05, 0) is 29.8 Å². The molecule has 8 heteroatoms. The molecule has 0 aliphatic carbocycles. The second-order valence-corrected chi connectivity index (χ2v) is 6.66. The number of nitrogens with one attached hydrogen (secondary N) is 1. The molecular weight excluding hydrogens is 373 g/mol. The highest BCUT2D eigenvalue weighted by atomic mass is 32.1. The van der Waals surface area contributed by atoms with Crippen molar-refractivity contribution in [2.45, 2.75) is 12.7 Å². The molecule has 3 heterocycles. The van der Waals surface area contributed by atoms with Crippen molar-refractivity contribution >= 4 is 27.4 Å². The van der Waals surface area contributed by atoms with Crippen molar-refractivity contribution in [3.05, 3.63) is 71.6 Å². The summed E-state index contributed by atoms with van der Waals surface area (Å²) in [6, 6.07) is 10.8. The molecule has 1 aromatic carbocycles. The number of pyridine rings is 1. The van der Waals surface area contributed by atoms with Crippen molar-refractivity contribution in [2.24, 2.45) is 0 Å². The van der Waals surface area contributed by atoms with E-state index in [4.69, 9.17) is 0 Å². The standard InChI is InChI=1S/C19H13F3N4S/c20-19(21,22)13-6-4-12(5-7-13)15-10-27-18-16(15)17(25-11-26-18)24-9-14-3-1-2-8-23-14/h1-8,10-11H,9H2,(H,24,25,26). The number of rotatable bonds is 4. The summed E-state index contributed by atoms with van der Waals surface area (Å²) in [5.41, 5.74) is 1.67. The van der Waals surface area contributed by atoms with Gasteiger partial charge >= 0.3 is 6.18 Å². The highest BCUT2D eigenvalue weighted by Crippen LogP contribution is 2.38. The van der Waals surface area contributed by atoms with Crippen LogP contribution >= 0.6 is 11.3 Å². The molecule has 0 unspecified atom stereocenters. The Balaban J connectivity index is 1.70. The van der Waals surface area contributed by atoms with E-state index in [9.17, 15) is 13.2 Å². The zero-order chi connectivity index (χ0) is 18.9. The average molecular weight is 386 g/mol. The van der Waals surface area contributed by atoms with Crippen molar-refractivity contribution in [1.82, 2.24) is 15.0 Å². The van der Waals surface area contributed by atoms with Crippen LogP contribution in [0.25, 0.3) is 21.3 Å². The normalized spacial score (nSPS) is 11.7. The molecule has 0 aliphatic rings. The maximum absolute atomic E-state index is 12.8. The van der Waals surface area contributed by atoms with E-state index in [1.54, 1.807) is 6.20 Å². The monoisotopic (exact) mass is 386 g/mol. The number of nitrogens with zero attached hydrogens (tertiary/aromatic N) is 3. The Hall–Kier alpha value is -3.00. The lowest BCUT2D eigenvalue weighted by molar-refractivity contribution is -0.137. The Morgan fingerprint density at radius 2 is 1.78 bits per heavy atom. The van der Waals surface area contributed by atoms with Crippen LogP contribution in [0.1, 0.15) is 11.3 Å². The van der Waals surface area contributed by atoms with Crippen molar-refractivity contribution in [3.63, 3.8) is 0 Å². The van der Waals surface area contributed by atoms with E-state index in [1.165, 1.54) is 29.8 Å². The van der Waals surface area contributed by atoms with Crippen LogP contribution in [0.4, 0.5) is 19.0 Å². The van der Waals surface area contributed by atoms with Gasteiger partial charge in [0.2, 0.25) is 0 Å². The lowest BCUT2D eigenvalue weighted by Gasteiger charge is -2.09. The third kappa shape index (κ3) is 3.61. The first-order chi connectivity index (χ1) is 13.0. The molecule has 0 saturated carbocycles. The van der Waals surface area contributed by atoms with E-state index in [-0.39, 0.29) is 0 Å². The maximum atomic E-state index is 12.8. The van der Waals surface area contributed by atoms with E-state index in [0.717, 1.165) is 33.6 Å². The molecule has 0 radical (unpaired) electrons. The predicted molar refractivity (Wildman–Crippen MR) is 99.4 cm³/mol. The van der Waals surface area contributed by atoms with Crippen LogP contribution in [0.3, 0.4) is 0 Å². The minimum atomic E-state index is -4.35. The third-order valence-corrected chi connectivity index (χ3v) is 4.94. The molecule has 0 atom stereocenters. The van der Waals surface area contributed by atoms with Crippen molar-refractivity contribution in [2.75, 3.05) is 5.32 Å². The molecule has 0 bridgehead atoms. The van der Waals surface area contributed by atoms with Gasteiger partial charge in [0.05, 0.1) is 23.2 Å². The number of halogens is 3. The smallest absolute Gasteiger partial charge is 0.364 e. The number of anilines is 1. The summed E-state index contributed by atoms with van der Waals surface area (Å²) in [5, 5.41) is 5.92. The van der Waals surface area contributed by atoms with Gasteiger partial charge in [0.1, 0.15) is 17.0 Å². The first kappa shape index (κ1) is 17.4. The number of fused-ring (bicyclic) bond motifs is 1. The van der Waals surface area contributed by atoms with Crippen LogP contribution in [-0.2, 0) is 12.7 Å². The summed E-state index contributed by atoms with van der Waals surface area (Å²) in [6.45, 7) is 0.481. The van der Waals surface area contributed by atoms with Crippen LogP contribution in [0.2, 0.25) is 0 Å². The van der Waals surface area contributed by atoms with Crippen LogP contribution < -0.4 is 5.32 Å². The fourth-order valence-electron chi connectivity index (χ4n) is 2.74. The second-order valence-electron chi connectivity index (χ2n) is 5.80. The SMILES string of the molecule is FC(F)(F)c1ccc(-c2csc3ncnc(NCc4ccccn4)c23)cc1. The minimum absolute atomic E-state index is 0.481. The minimum Gasteiger partial charge on any atom is -0.364 e. The quantitative estimate of drug-likeness (QED) is 0.511. The number of hydrogen-bond acceptors (Lipinski definition) is 5. The van der Waals surface area contributed by atoms with Crippen molar-refractivity contribution in [1.29, 1.82) is 0 Å². The van der Waals surface area contributed by atoms with Crippen LogP contribution in [-0.4, -0.2) is 15.0 Å². The van der Waals surface area contributed by atoms with Gasteiger partial charge in [0, 0.05) is 17.1 Å². The molecule has 4 nitrogen and oxygen atoms in total. The number of aromatic nitrogens is 3. The summed E-state index contributed by atoms with van der Waals surface area (Å²) in [4.78, 5) is 13.6. The zero-order valence-electron chi connectivity index (χ0n) is 13.9. The van der Waals surface area contributed by atoms with Gasteiger partial charge in [-0.2, -0.15) is 13.2 Å². The van der Waals surface area contributed by atoms with E-state index in [2.05, 4.69) is 20.3 Å². The highest BCUT2D eigenvalue weighted by Gasteiger charge is 2.30. The fourth-order valence-corrected chi connectivity index (χ4v) is 3.65. The van der Waals surface area contributed by atoms with E-state index in [1.807, 2.05) is 23.6 Å². The Kier molecular flexibility index (Phi) is 4.49. The molecule has 0 fully saturated rings. The molecule has 136 valence electrons. The number of thiophene rings is 1. The van der Waals surface area contributed by atoms with Gasteiger partial charge in [-0.3, -0.25) is 4.98 Å². The summed E-state index contributed by atoms with van der Waals surface area (Å²) < 4.78 is 38.4. The number of alkyl halides is 3. The van der Waals surface area contributed by atoms with Gasteiger partial charge in [-0.25, -0.2) is 9.97 Å². The van der Waals surface area contributed by atoms with Gasteiger partial charge in [-0.1, -0.05) is 18.2 Å². The van der Waals surface area contributed by atoms with Gasteiger partial charge in [0.25, 0.3) is 0 Å². The Morgan fingerprint density at radius 1 is 0.963 bits per heavy atom. The van der Waals surface area contributed by atoms with E-state index in [0.29, 0.717) is 17.9 Å². The third-order valence-electron chi connectivity index (χ3n) is 4.06. The molecule has 4 aromatic rings. The van der Waals surface area contributed by atoms with Gasteiger partial charge < -0.3 is 5.32 Å². The molecule has 1 N–H and O–H groups in total. The number of benzene rings is 1. The molecule has 3 aromatic heterocycles. The molecule has 0 amide bonds. The first-order valence-electron chi connectivity index (χ1n) is 8.06. The summed E-state index contributed by atoms with van der Waals surface area (Å²) in [6.07, 6.45) is -1.17. The Bertz CT molecular complexity index is 1060.